The van der Waals surface area contributed by atoms with Crippen LogP contribution in [-0.2, 0) is 20.9 Å². The van der Waals surface area contributed by atoms with E-state index in [4.69, 9.17) is 9.47 Å². The Morgan fingerprint density at radius 1 is 1.00 bits per heavy atom. The van der Waals surface area contributed by atoms with Crippen LogP contribution in [0.2, 0.25) is 0 Å². The standard InChI is InChI=1S/C34H30N4O6S/c1-5-43-33(42)30-20(3)35-34(45-30)38-27(23-14-9-15-24(17-23)44-18-22-12-7-6-8-13-22)25(29(40)32(38)41)28(39)26-21(4)37-16-10-11-19(2)31(37)36-26/h6-17,27,39H,5,18H2,1-4H3. The Bertz CT molecular complexity index is 1990. The van der Waals surface area contributed by atoms with Gasteiger partial charge in [0.25, 0.3) is 5.78 Å². The highest BCUT2D eigenvalue weighted by Gasteiger charge is 2.49. The number of thiazole rings is 1. The largest absolute Gasteiger partial charge is 0.505 e. The summed E-state index contributed by atoms with van der Waals surface area (Å²) in [5.41, 5.74) is 3.98. The summed E-state index contributed by atoms with van der Waals surface area (Å²) in [6.45, 7) is 7.49. The highest BCUT2D eigenvalue weighted by atomic mass is 32.1. The van der Waals surface area contributed by atoms with E-state index >= 15 is 0 Å². The third-order valence-electron chi connectivity index (χ3n) is 7.63. The van der Waals surface area contributed by atoms with Crippen LogP contribution >= 0.6 is 11.3 Å². The number of aliphatic hydroxyl groups is 1. The van der Waals surface area contributed by atoms with Gasteiger partial charge in [0, 0.05) is 6.20 Å². The number of anilines is 1. The molecule has 1 saturated heterocycles. The van der Waals surface area contributed by atoms with Gasteiger partial charge in [0.1, 0.15) is 28.6 Å². The molecule has 228 valence electrons. The molecule has 1 aliphatic rings. The van der Waals surface area contributed by atoms with Crippen molar-refractivity contribution in [2.45, 2.75) is 40.3 Å². The maximum Gasteiger partial charge on any atom is 0.350 e. The third kappa shape index (κ3) is 5.35. The number of nitrogens with zero attached hydrogens (tertiary/aromatic N) is 4. The lowest BCUT2D eigenvalue weighted by Crippen LogP contribution is -2.29. The third-order valence-corrected chi connectivity index (χ3v) is 8.76. The molecular weight excluding hydrogens is 592 g/mol. The number of aromatic nitrogens is 3. The van der Waals surface area contributed by atoms with E-state index in [1.165, 1.54) is 4.90 Å². The summed E-state index contributed by atoms with van der Waals surface area (Å²) in [6.07, 6.45) is 1.82. The summed E-state index contributed by atoms with van der Waals surface area (Å²) in [6, 6.07) is 19.4. The summed E-state index contributed by atoms with van der Waals surface area (Å²) in [4.78, 5) is 50.8. The van der Waals surface area contributed by atoms with E-state index in [1.807, 2.05) is 60.0 Å². The number of fused-ring (bicyclic) bond motifs is 1. The fraction of sp³-hybridized carbons (Fsp3) is 0.206. The number of ether oxygens (including phenoxy) is 2. The number of rotatable bonds is 8. The average Bonchev–Trinajstić information content (AvgIpc) is 3.68. The normalized spacial score (nSPS) is 16.0. The molecule has 45 heavy (non-hydrogen) atoms. The number of aryl methyl sites for hydroxylation is 3. The molecule has 3 aromatic heterocycles. The van der Waals surface area contributed by atoms with Gasteiger partial charge < -0.3 is 19.0 Å². The molecule has 0 radical (unpaired) electrons. The lowest BCUT2D eigenvalue weighted by atomic mass is 9.96. The molecule has 6 rings (SSSR count). The first-order valence-corrected chi connectivity index (χ1v) is 15.2. The molecule has 0 aliphatic carbocycles. The van der Waals surface area contributed by atoms with Gasteiger partial charge in [0.05, 0.1) is 29.6 Å². The first-order valence-electron chi connectivity index (χ1n) is 14.4. The number of aliphatic hydroxyl groups excluding tert-OH is 1. The van der Waals surface area contributed by atoms with Crippen LogP contribution in [0.15, 0.2) is 78.5 Å². The van der Waals surface area contributed by atoms with E-state index in [0.717, 1.165) is 22.5 Å². The lowest BCUT2D eigenvalue weighted by molar-refractivity contribution is -0.132. The molecule has 1 unspecified atom stereocenters. The van der Waals surface area contributed by atoms with Gasteiger partial charge in [-0.1, -0.05) is 59.9 Å². The van der Waals surface area contributed by atoms with Crippen molar-refractivity contribution in [3.05, 3.63) is 117 Å². The Morgan fingerprint density at radius 3 is 2.51 bits per heavy atom. The van der Waals surface area contributed by atoms with Crippen molar-refractivity contribution in [1.82, 2.24) is 14.4 Å². The fourth-order valence-corrected chi connectivity index (χ4v) is 6.39. The van der Waals surface area contributed by atoms with Gasteiger partial charge >= 0.3 is 11.9 Å². The molecule has 10 nitrogen and oxygen atoms in total. The number of ketones is 1. The van der Waals surface area contributed by atoms with Crippen molar-refractivity contribution < 1.29 is 29.0 Å². The van der Waals surface area contributed by atoms with Gasteiger partial charge in [-0.05, 0) is 62.6 Å². The summed E-state index contributed by atoms with van der Waals surface area (Å²) >= 11 is 0.951. The minimum absolute atomic E-state index is 0.125. The lowest BCUT2D eigenvalue weighted by Gasteiger charge is -2.23. The highest BCUT2D eigenvalue weighted by molar-refractivity contribution is 7.17. The Kier molecular flexibility index (Phi) is 7.94. The number of hydrogen-bond acceptors (Lipinski definition) is 9. The van der Waals surface area contributed by atoms with Crippen LogP contribution in [-0.4, -0.2) is 43.7 Å². The number of carbonyl (C=O) groups excluding carboxylic acids is 3. The molecular formula is C34H30N4O6S. The molecule has 0 bridgehead atoms. The van der Waals surface area contributed by atoms with Crippen molar-refractivity contribution in [1.29, 1.82) is 0 Å². The Balaban J connectivity index is 1.50. The van der Waals surface area contributed by atoms with Crippen LogP contribution in [0.3, 0.4) is 0 Å². The zero-order chi connectivity index (χ0) is 31.8. The van der Waals surface area contributed by atoms with Crippen molar-refractivity contribution >= 4 is 45.5 Å². The maximum atomic E-state index is 13.8. The highest BCUT2D eigenvalue weighted by Crippen LogP contribution is 2.44. The van der Waals surface area contributed by atoms with Gasteiger partial charge in [-0.3, -0.25) is 14.5 Å². The van der Waals surface area contributed by atoms with Gasteiger partial charge in [-0.15, -0.1) is 0 Å². The molecule has 0 saturated carbocycles. The molecule has 1 atom stereocenters. The topological polar surface area (TPSA) is 123 Å². The average molecular weight is 623 g/mol. The van der Waals surface area contributed by atoms with Gasteiger partial charge in [-0.2, -0.15) is 0 Å². The first kappa shape index (κ1) is 29.8. The Labute approximate surface area is 263 Å². The second kappa shape index (κ2) is 12.0. The van der Waals surface area contributed by atoms with Gasteiger partial charge in [0.2, 0.25) is 0 Å². The number of benzene rings is 2. The molecule has 1 fully saturated rings. The van der Waals surface area contributed by atoms with Crippen molar-refractivity contribution in [3.8, 4) is 5.75 Å². The zero-order valence-corrected chi connectivity index (χ0v) is 25.9. The SMILES string of the molecule is CCOC(=O)c1sc(N2C(=O)C(=O)C(=C(O)c3nc4c(C)cccn4c3C)C2c2cccc(OCc3ccccc3)c2)nc1C. The van der Waals surface area contributed by atoms with Crippen molar-refractivity contribution in [3.63, 3.8) is 0 Å². The summed E-state index contributed by atoms with van der Waals surface area (Å²) in [5.74, 6) is -2.26. The zero-order valence-electron chi connectivity index (χ0n) is 25.1. The smallest absolute Gasteiger partial charge is 0.350 e. The number of carbonyl (C=O) groups is 3. The summed E-state index contributed by atoms with van der Waals surface area (Å²) in [7, 11) is 0. The van der Waals surface area contributed by atoms with Crippen LogP contribution in [0.25, 0.3) is 11.4 Å². The monoisotopic (exact) mass is 622 g/mol. The molecule has 11 heteroatoms. The Hall–Kier alpha value is -5.29. The quantitative estimate of drug-likeness (QED) is 0.0954. The minimum Gasteiger partial charge on any atom is -0.505 e. The van der Waals surface area contributed by atoms with E-state index in [-0.39, 0.29) is 27.9 Å². The van der Waals surface area contributed by atoms with Crippen molar-refractivity contribution in [2.24, 2.45) is 0 Å². The maximum absolute atomic E-state index is 13.8. The molecule has 0 spiro atoms. The molecule has 4 heterocycles. The van der Waals surface area contributed by atoms with Crippen LogP contribution in [0.1, 0.15) is 56.4 Å². The second-order valence-corrected chi connectivity index (χ2v) is 11.6. The predicted molar refractivity (Wildman–Crippen MR) is 169 cm³/mol. The summed E-state index contributed by atoms with van der Waals surface area (Å²) in [5, 5.41) is 11.9. The number of esters is 1. The van der Waals surface area contributed by atoms with Crippen LogP contribution in [0.5, 0.6) is 5.75 Å². The number of pyridine rings is 1. The first-order chi connectivity index (χ1) is 21.7. The molecule has 1 N–H and O–H groups in total. The predicted octanol–water partition coefficient (Wildman–Crippen LogP) is 6.10. The van der Waals surface area contributed by atoms with Gasteiger partial charge in [-0.25, -0.2) is 14.8 Å². The Morgan fingerprint density at radius 2 is 1.78 bits per heavy atom. The van der Waals surface area contributed by atoms with Crippen molar-refractivity contribution in [2.75, 3.05) is 11.5 Å². The van der Waals surface area contributed by atoms with E-state index in [1.54, 1.807) is 45.0 Å². The van der Waals surface area contributed by atoms with E-state index in [2.05, 4.69) is 9.97 Å². The van der Waals surface area contributed by atoms with E-state index in [9.17, 15) is 19.5 Å². The number of Topliss-reactive ketones (excluding diaryl/α,β-unsaturated/α-hetero) is 1. The molecule has 5 aromatic rings. The molecule has 1 aliphatic heterocycles. The number of hydrogen-bond donors (Lipinski definition) is 1. The van der Waals surface area contributed by atoms with Crippen LogP contribution in [0.4, 0.5) is 5.13 Å². The second-order valence-electron chi connectivity index (χ2n) is 10.6. The molecule has 2 aromatic carbocycles. The number of imidazole rings is 1. The summed E-state index contributed by atoms with van der Waals surface area (Å²) < 4.78 is 13.1. The fourth-order valence-electron chi connectivity index (χ4n) is 5.41. The number of amides is 1. The van der Waals surface area contributed by atoms with Crippen LogP contribution in [0, 0.1) is 20.8 Å². The van der Waals surface area contributed by atoms with Crippen LogP contribution < -0.4 is 9.64 Å². The molecule has 1 amide bonds. The van der Waals surface area contributed by atoms with E-state index < -0.39 is 29.5 Å². The van der Waals surface area contributed by atoms with Gasteiger partial charge in [0.15, 0.2) is 10.9 Å². The van der Waals surface area contributed by atoms with E-state index in [0.29, 0.717) is 35.0 Å². The minimum atomic E-state index is -1.09.